The lowest BCUT2D eigenvalue weighted by molar-refractivity contribution is 0.271. The van der Waals surface area contributed by atoms with Crippen molar-refractivity contribution < 1.29 is 0 Å². The third kappa shape index (κ3) is 2.69. The third-order valence-corrected chi connectivity index (χ3v) is 3.95. The molecule has 0 aliphatic carbocycles. The summed E-state index contributed by atoms with van der Waals surface area (Å²) in [7, 11) is 0. The van der Waals surface area contributed by atoms with Gasteiger partial charge in [0.25, 0.3) is 0 Å². The van der Waals surface area contributed by atoms with Gasteiger partial charge in [0.2, 0.25) is 5.13 Å². The Bertz CT molecular complexity index is 319. The van der Waals surface area contributed by atoms with Gasteiger partial charge in [0.1, 0.15) is 5.01 Å². The smallest absolute Gasteiger partial charge is 0.208 e. The monoisotopic (exact) mass is 241 g/mol. The molecule has 0 spiro atoms. The van der Waals surface area contributed by atoms with Gasteiger partial charge in [-0.05, 0) is 13.1 Å². The number of aromatic nitrogens is 2. The molecule has 1 fully saturated rings. The molecule has 5 nitrogen and oxygen atoms in total. The van der Waals surface area contributed by atoms with Crippen molar-refractivity contribution in [3.05, 3.63) is 5.01 Å². The molecule has 1 aliphatic rings. The van der Waals surface area contributed by atoms with E-state index in [-0.39, 0.29) is 0 Å². The fourth-order valence-electron chi connectivity index (χ4n) is 1.85. The quantitative estimate of drug-likeness (QED) is 0.815. The number of likely N-dealkylation sites (N-methyl/N-ethyl adjacent to an activating group) is 1. The topological polar surface area (TPSA) is 58.3 Å². The van der Waals surface area contributed by atoms with Gasteiger partial charge in [0.05, 0.1) is 0 Å². The summed E-state index contributed by atoms with van der Waals surface area (Å²) in [6, 6.07) is 0. The van der Waals surface area contributed by atoms with Crippen LogP contribution in [-0.4, -0.2) is 54.4 Å². The van der Waals surface area contributed by atoms with Crippen molar-refractivity contribution >= 4 is 16.5 Å². The summed E-state index contributed by atoms with van der Waals surface area (Å²) >= 11 is 1.68. The molecule has 2 N–H and O–H groups in total. The highest BCUT2D eigenvalue weighted by Gasteiger charge is 2.18. The highest BCUT2D eigenvalue weighted by atomic mass is 32.1. The third-order valence-electron chi connectivity index (χ3n) is 2.90. The van der Waals surface area contributed by atoms with Crippen LogP contribution in [0, 0.1) is 0 Å². The number of nitrogens with zero attached hydrogens (tertiary/aromatic N) is 4. The molecule has 2 rings (SSSR count). The number of anilines is 1. The lowest BCUT2D eigenvalue weighted by atomic mass is 10.3. The molecule has 2 heterocycles. The zero-order chi connectivity index (χ0) is 11.4. The van der Waals surface area contributed by atoms with E-state index in [4.69, 9.17) is 5.73 Å². The molecule has 1 saturated heterocycles. The second kappa shape index (κ2) is 5.56. The minimum atomic E-state index is 0.651. The average molecular weight is 241 g/mol. The van der Waals surface area contributed by atoms with Crippen molar-refractivity contribution in [2.75, 3.05) is 44.2 Å². The summed E-state index contributed by atoms with van der Waals surface area (Å²) in [6.45, 7) is 8.38. The van der Waals surface area contributed by atoms with Crippen molar-refractivity contribution in [2.24, 2.45) is 5.73 Å². The van der Waals surface area contributed by atoms with Crippen molar-refractivity contribution in [3.63, 3.8) is 0 Å². The summed E-state index contributed by atoms with van der Waals surface area (Å²) in [5.74, 6) is 0. The van der Waals surface area contributed by atoms with E-state index >= 15 is 0 Å². The first kappa shape index (κ1) is 11.8. The highest BCUT2D eigenvalue weighted by Crippen LogP contribution is 2.21. The van der Waals surface area contributed by atoms with Gasteiger partial charge < -0.3 is 15.5 Å². The Morgan fingerprint density at radius 3 is 2.62 bits per heavy atom. The van der Waals surface area contributed by atoms with Crippen molar-refractivity contribution in [1.82, 2.24) is 15.1 Å². The summed E-state index contributed by atoms with van der Waals surface area (Å²) < 4.78 is 0. The van der Waals surface area contributed by atoms with Crippen LogP contribution in [-0.2, 0) is 6.42 Å². The second-order valence-corrected chi connectivity index (χ2v) is 4.98. The molecule has 1 aliphatic heterocycles. The van der Waals surface area contributed by atoms with Crippen LogP contribution in [0.1, 0.15) is 11.9 Å². The molecule has 0 atom stereocenters. The predicted molar refractivity (Wildman–Crippen MR) is 67.0 cm³/mol. The maximum absolute atomic E-state index is 5.50. The van der Waals surface area contributed by atoms with Crippen molar-refractivity contribution in [1.29, 1.82) is 0 Å². The first-order valence-electron chi connectivity index (χ1n) is 5.83. The van der Waals surface area contributed by atoms with Gasteiger partial charge >= 0.3 is 0 Å². The van der Waals surface area contributed by atoms with Crippen LogP contribution in [0.3, 0.4) is 0 Å². The summed E-state index contributed by atoms with van der Waals surface area (Å²) in [6.07, 6.45) is 0.840. The lowest BCUT2D eigenvalue weighted by Crippen LogP contribution is -2.46. The first-order chi connectivity index (χ1) is 7.83. The number of rotatable bonds is 4. The Morgan fingerprint density at radius 2 is 2.00 bits per heavy atom. The number of hydrogen-bond acceptors (Lipinski definition) is 6. The largest absolute Gasteiger partial charge is 0.344 e. The molecular weight excluding hydrogens is 222 g/mol. The molecule has 0 saturated carbocycles. The number of piperazine rings is 1. The molecule has 90 valence electrons. The minimum absolute atomic E-state index is 0.651. The molecular formula is C10H19N5S. The van der Waals surface area contributed by atoms with Gasteiger partial charge in [0.15, 0.2) is 0 Å². The molecule has 0 unspecified atom stereocenters. The van der Waals surface area contributed by atoms with Gasteiger partial charge in [-0.1, -0.05) is 18.3 Å². The molecule has 0 radical (unpaired) electrons. The molecule has 16 heavy (non-hydrogen) atoms. The molecule has 0 aromatic carbocycles. The van der Waals surface area contributed by atoms with E-state index in [9.17, 15) is 0 Å². The Labute approximate surface area is 100 Å². The molecule has 6 heteroatoms. The molecule has 1 aromatic heterocycles. The van der Waals surface area contributed by atoms with E-state index in [1.165, 1.54) is 0 Å². The lowest BCUT2D eigenvalue weighted by Gasteiger charge is -2.33. The Morgan fingerprint density at radius 1 is 1.25 bits per heavy atom. The van der Waals surface area contributed by atoms with E-state index < -0.39 is 0 Å². The SMILES string of the molecule is CCN1CCN(c2nnc(CCN)s2)CC1. The van der Waals surface area contributed by atoms with Gasteiger partial charge in [-0.25, -0.2) is 0 Å². The van der Waals surface area contributed by atoms with Gasteiger partial charge in [0, 0.05) is 32.6 Å². The average Bonchev–Trinajstić information content (AvgIpc) is 2.78. The normalized spacial score (nSPS) is 18.0. The van der Waals surface area contributed by atoms with Crippen molar-refractivity contribution in [2.45, 2.75) is 13.3 Å². The zero-order valence-electron chi connectivity index (χ0n) is 9.72. The van der Waals surface area contributed by atoms with E-state index in [1.54, 1.807) is 11.3 Å². The second-order valence-electron chi connectivity index (χ2n) is 3.94. The van der Waals surface area contributed by atoms with E-state index in [1.807, 2.05) is 0 Å². The van der Waals surface area contributed by atoms with Crippen LogP contribution < -0.4 is 10.6 Å². The van der Waals surface area contributed by atoms with E-state index in [0.717, 1.165) is 49.3 Å². The van der Waals surface area contributed by atoms with E-state index in [2.05, 4.69) is 26.9 Å². The number of nitrogens with two attached hydrogens (primary N) is 1. The van der Waals surface area contributed by atoms with Gasteiger partial charge in [-0.2, -0.15) is 0 Å². The van der Waals surface area contributed by atoms with Crippen LogP contribution in [0.25, 0.3) is 0 Å². The van der Waals surface area contributed by atoms with E-state index in [0.29, 0.717) is 6.54 Å². The Hall–Kier alpha value is -0.720. The summed E-state index contributed by atoms with van der Waals surface area (Å²) in [4.78, 5) is 4.78. The van der Waals surface area contributed by atoms with Crippen LogP contribution in [0.4, 0.5) is 5.13 Å². The fraction of sp³-hybridized carbons (Fsp3) is 0.800. The van der Waals surface area contributed by atoms with Crippen LogP contribution in [0.5, 0.6) is 0 Å². The van der Waals surface area contributed by atoms with Crippen molar-refractivity contribution in [3.8, 4) is 0 Å². The van der Waals surface area contributed by atoms with Crippen LogP contribution >= 0.6 is 11.3 Å². The Balaban J connectivity index is 1.92. The zero-order valence-corrected chi connectivity index (χ0v) is 10.5. The van der Waals surface area contributed by atoms with Crippen LogP contribution in [0.15, 0.2) is 0 Å². The van der Waals surface area contributed by atoms with Gasteiger partial charge in [-0.15, -0.1) is 10.2 Å². The molecule has 1 aromatic rings. The van der Waals surface area contributed by atoms with Crippen LogP contribution in [0.2, 0.25) is 0 Å². The molecule has 0 bridgehead atoms. The summed E-state index contributed by atoms with van der Waals surface area (Å²) in [5, 5.41) is 10.5. The Kier molecular flexibility index (Phi) is 4.09. The first-order valence-corrected chi connectivity index (χ1v) is 6.65. The standard InChI is InChI=1S/C10H19N5S/c1-2-14-5-7-15(8-6-14)10-13-12-9(16-10)3-4-11/h2-8,11H2,1H3. The number of hydrogen-bond donors (Lipinski definition) is 1. The highest BCUT2D eigenvalue weighted by molar-refractivity contribution is 7.15. The maximum Gasteiger partial charge on any atom is 0.208 e. The van der Waals surface area contributed by atoms with Gasteiger partial charge in [-0.3, -0.25) is 0 Å². The minimum Gasteiger partial charge on any atom is -0.344 e. The summed E-state index contributed by atoms with van der Waals surface area (Å²) in [5.41, 5.74) is 5.50. The maximum atomic E-state index is 5.50. The molecule has 0 amide bonds. The predicted octanol–water partition coefficient (Wildman–Crippen LogP) is 0.181. The fourth-order valence-corrected chi connectivity index (χ4v) is 2.76.